The summed E-state index contributed by atoms with van der Waals surface area (Å²) in [5.74, 6) is 0.160. The Morgan fingerprint density at radius 2 is 1.74 bits per heavy atom. The minimum absolute atomic E-state index is 0.00550. The van der Waals surface area contributed by atoms with E-state index in [0.717, 1.165) is 6.26 Å². The van der Waals surface area contributed by atoms with Gasteiger partial charge in [0.1, 0.15) is 5.75 Å². The van der Waals surface area contributed by atoms with Crippen molar-refractivity contribution in [2.24, 2.45) is 0 Å². The van der Waals surface area contributed by atoms with Gasteiger partial charge in [0.15, 0.2) is 16.4 Å². The summed E-state index contributed by atoms with van der Waals surface area (Å²) in [6, 6.07) is 6.05. The summed E-state index contributed by atoms with van der Waals surface area (Å²) >= 11 is 0. The van der Waals surface area contributed by atoms with Gasteiger partial charge < -0.3 is 14.5 Å². The second kappa shape index (κ2) is 6.99. The SMILES string of the molecule is CC(=O)N1CCN(C(=O)COc2cccc(S(C)(=O)=O)c2)CC1. The molecule has 7 nitrogen and oxygen atoms in total. The number of carbonyl (C=O) groups is 2. The van der Waals surface area contributed by atoms with Crippen LogP contribution in [-0.4, -0.2) is 69.1 Å². The van der Waals surface area contributed by atoms with Gasteiger partial charge in [0.2, 0.25) is 5.91 Å². The van der Waals surface area contributed by atoms with E-state index in [9.17, 15) is 18.0 Å². The first-order chi connectivity index (χ1) is 10.8. The molecular weight excluding hydrogens is 320 g/mol. The molecule has 1 aromatic rings. The zero-order chi connectivity index (χ0) is 17.0. The van der Waals surface area contributed by atoms with E-state index in [4.69, 9.17) is 4.74 Å². The highest BCUT2D eigenvalue weighted by molar-refractivity contribution is 7.90. The van der Waals surface area contributed by atoms with E-state index in [2.05, 4.69) is 0 Å². The minimum Gasteiger partial charge on any atom is -0.484 e. The lowest BCUT2D eigenvalue weighted by atomic mass is 10.3. The predicted molar refractivity (Wildman–Crippen MR) is 83.9 cm³/mol. The van der Waals surface area contributed by atoms with Crippen LogP contribution in [0.15, 0.2) is 29.2 Å². The maximum Gasteiger partial charge on any atom is 0.260 e. The molecule has 0 aromatic heterocycles. The first kappa shape index (κ1) is 17.3. The molecule has 0 bridgehead atoms. The van der Waals surface area contributed by atoms with E-state index in [-0.39, 0.29) is 23.3 Å². The first-order valence-electron chi connectivity index (χ1n) is 7.23. The number of hydrogen-bond donors (Lipinski definition) is 0. The van der Waals surface area contributed by atoms with E-state index >= 15 is 0 Å². The molecule has 0 N–H and O–H groups in total. The predicted octanol–water partition coefficient (Wildman–Crippen LogP) is 0.160. The number of sulfone groups is 1. The zero-order valence-corrected chi connectivity index (χ0v) is 14.0. The monoisotopic (exact) mass is 340 g/mol. The van der Waals surface area contributed by atoms with Crippen LogP contribution in [0.25, 0.3) is 0 Å². The molecule has 0 aliphatic carbocycles. The van der Waals surface area contributed by atoms with Crippen molar-refractivity contribution in [3.05, 3.63) is 24.3 Å². The molecule has 1 heterocycles. The third kappa shape index (κ3) is 4.69. The number of benzene rings is 1. The van der Waals surface area contributed by atoms with Gasteiger partial charge in [0.05, 0.1) is 4.90 Å². The molecule has 0 radical (unpaired) electrons. The Morgan fingerprint density at radius 1 is 1.13 bits per heavy atom. The van der Waals surface area contributed by atoms with Crippen LogP contribution in [0, 0.1) is 0 Å². The fraction of sp³-hybridized carbons (Fsp3) is 0.467. The summed E-state index contributed by atoms with van der Waals surface area (Å²) < 4.78 is 28.4. The molecule has 8 heteroatoms. The molecule has 23 heavy (non-hydrogen) atoms. The average Bonchev–Trinajstić information content (AvgIpc) is 2.52. The van der Waals surface area contributed by atoms with E-state index < -0.39 is 9.84 Å². The summed E-state index contributed by atoms with van der Waals surface area (Å²) in [4.78, 5) is 26.8. The van der Waals surface area contributed by atoms with Gasteiger partial charge in [-0.25, -0.2) is 8.42 Å². The van der Waals surface area contributed by atoms with Crippen molar-refractivity contribution in [3.63, 3.8) is 0 Å². The summed E-state index contributed by atoms with van der Waals surface area (Å²) in [5.41, 5.74) is 0. The molecule has 1 aromatic carbocycles. The Labute approximate surface area is 135 Å². The third-order valence-corrected chi connectivity index (χ3v) is 4.78. The molecule has 1 aliphatic heterocycles. The molecule has 126 valence electrons. The number of ether oxygens (including phenoxy) is 1. The molecule has 1 saturated heterocycles. The normalized spacial score (nSPS) is 15.4. The summed E-state index contributed by atoms with van der Waals surface area (Å²) in [6.07, 6.45) is 1.12. The second-order valence-electron chi connectivity index (χ2n) is 5.42. The van der Waals surface area contributed by atoms with Crippen LogP contribution < -0.4 is 4.74 Å². The number of carbonyl (C=O) groups excluding carboxylic acids is 2. The van der Waals surface area contributed by atoms with Gasteiger partial charge in [-0.2, -0.15) is 0 Å². The van der Waals surface area contributed by atoms with Crippen molar-refractivity contribution in [2.45, 2.75) is 11.8 Å². The van der Waals surface area contributed by atoms with E-state index in [1.54, 1.807) is 21.9 Å². The molecule has 2 rings (SSSR count). The van der Waals surface area contributed by atoms with Crippen molar-refractivity contribution in [2.75, 3.05) is 39.0 Å². The Bertz CT molecular complexity index is 694. The first-order valence-corrected chi connectivity index (χ1v) is 9.13. The zero-order valence-electron chi connectivity index (χ0n) is 13.2. The molecular formula is C15H20N2O5S. The Morgan fingerprint density at radius 3 is 2.30 bits per heavy atom. The molecule has 2 amide bonds. The highest BCUT2D eigenvalue weighted by atomic mass is 32.2. The number of rotatable bonds is 4. The van der Waals surface area contributed by atoms with Gasteiger partial charge in [-0.1, -0.05) is 6.07 Å². The molecule has 0 atom stereocenters. The highest BCUT2D eigenvalue weighted by Gasteiger charge is 2.22. The van der Waals surface area contributed by atoms with Gasteiger partial charge in [-0.15, -0.1) is 0 Å². The number of amides is 2. The maximum atomic E-state index is 12.1. The second-order valence-corrected chi connectivity index (χ2v) is 7.44. The lowest BCUT2D eigenvalue weighted by Gasteiger charge is -2.34. The topological polar surface area (TPSA) is 84.0 Å². The Kier molecular flexibility index (Phi) is 5.25. The quantitative estimate of drug-likeness (QED) is 0.780. The van der Waals surface area contributed by atoms with Gasteiger partial charge >= 0.3 is 0 Å². The fourth-order valence-electron chi connectivity index (χ4n) is 2.30. The standard InChI is InChI=1S/C15H20N2O5S/c1-12(18)16-6-8-17(9-7-16)15(19)11-22-13-4-3-5-14(10-13)23(2,20)21/h3-5,10H,6-9,11H2,1-2H3. The Balaban J connectivity index is 1.89. The summed E-state index contributed by atoms with van der Waals surface area (Å²) in [5, 5.41) is 0. The van der Waals surface area contributed by atoms with Crippen LogP contribution in [-0.2, 0) is 19.4 Å². The van der Waals surface area contributed by atoms with E-state index in [0.29, 0.717) is 31.9 Å². The largest absolute Gasteiger partial charge is 0.484 e. The van der Waals surface area contributed by atoms with Gasteiger partial charge in [-0.3, -0.25) is 9.59 Å². The molecule has 0 saturated carbocycles. The van der Waals surface area contributed by atoms with Crippen LogP contribution >= 0.6 is 0 Å². The third-order valence-electron chi connectivity index (χ3n) is 3.67. The van der Waals surface area contributed by atoms with Gasteiger partial charge in [0, 0.05) is 39.4 Å². The van der Waals surface area contributed by atoms with E-state index in [1.165, 1.54) is 19.1 Å². The number of nitrogens with zero attached hydrogens (tertiary/aromatic N) is 2. The maximum absolute atomic E-state index is 12.1. The highest BCUT2D eigenvalue weighted by Crippen LogP contribution is 2.17. The summed E-state index contributed by atoms with van der Waals surface area (Å²) in [6.45, 7) is 3.34. The molecule has 1 aliphatic rings. The Hall–Kier alpha value is -2.09. The number of piperazine rings is 1. The van der Waals surface area contributed by atoms with Crippen LogP contribution in [0.3, 0.4) is 0 Å². The fourth-order valence-corrected chi connectivity index (χ4v) is 2.96. The molecule has 1 fully saturated rings. The number of hydrogen-bond acceptors (Lipinski definition) is 5. The van der Waals surface area contributed by atoms with Gasteiger partial charge in [0.25, 0.3) is 5.91 Å². The lowest BCUT2D eigenvalue weighted by Crippen LogP contribution is -2.51. The lowest BCUT2D eigenvalue weighted by molar-refractivity contribution is -0.139. The van der Waals surface area contributed by atoms with Crippen molar-refractivity contribution in [3.8, 4) is 5.75 Å². The summed E-state index contributed by atoms with van der Waals surface area (Å²) in [7, 11) is -3.31. The van der Waals surface area contributed by atoms with Crippen molar-refractivity contribution >= 4 is 21.7 Å². The van der Waals surface area contributed by atoms with Gasteiger partial charge in [-0.05, 0) is 18.2 Å². The van der Waals surface area contributed by atoms with Crippen LogP contribution in [0.2, 0.25) is 0 Å². The molecule has 0 unspecified atom stereocenters. The smallest absolute Gasteiger partial charge is 0.260 e. The van der Waals surface area contributed by atoms with Crippen LogP contribution in [0.5, 0.6) is 5.75 Å². The average molecular weight is 340 g/mol. The van der Waals surface area contributed by atoms with E-state index in [1.807, 2.05) is 0 Å². The minimum atomic E-state index is -3.31. The van der Waals surface area contributed by atoms with Crippen molar-refractivity contribution in [1.82, 2.24) is 9.80 Å². The molecule has 0 spiro atoms. The van der Waals surface area contributed by atoms with Crippen LogP contribution in [0.1, 0.15) is 6.92 Å². The van der Waals surface area contributed by atoms with Crippen molar-refractivity contribution < 1.29 is 22.7 Å². The van der Waals surface area contributed by atoms with Crippen LogP contribution in [0.4, 0.5) is 0 Å². The van der Waals surface area contributed by atoms with Crippen molar-refractivity contribution in [1.29, 1.82) is 0 Å².